The summed E-state index contributed by atoms with van der Waals surface area (Å²) in [5.41, 5.74) is 7.96. The number of fused-ring (bicyclic) bond motifs is 12. The van der Waals surface area contributed by atoms with Crippen LogP contribution >= 0.6 is 46.4 Å². The van der Waals surface area contributed by atoms with Gasteiger partial charge in [-0.25, -0.2) is 0 Å². The quantitative estimate of drug-likeness (QED) is 0.0758. The van der Waals surface area contributed by atoms with Crippen molar-refractivity contribution in [2.45, 2.75) is 37.9 Å². The molecule has 2 aliphatic rings. The summed E-state index contributed by atoms with van der Waals surface area (Å²) in [5, 5.41) is 30.6. The first-order valence-corrected chi connectivity index (χ1v) is 23.4. The van der Waals surface area contributed by atoms with Crippen LogP contribution in [-0.2, 0) is 0 Å². The molecular formula is C50H46Cl4N6O4. The van der Waals surface area contributed by atoms with E-state index in [0.29, 0.717) is 33.3 Å². The number of aliphatic hydroxyl groups is 2. The Bertz CT molecular complexity index is 3190. The molecule has 2 fully saturated rings. The number of hydrogen-bond donors (Lipinski definition) is 6. The summed E-state index contributed by atoms with van der Waals surface area (Å²) in [4.78, 5) is 18.8. The highest BCUT2D eigenvalue weighted by atomic mass is 35.5. The monoisotopic (exact) mass is 934 g/mol. The van der Waals surface area contributed by atoms with Gasteiger partial charge >= 0.3 is 0 Å². The Kier molecular flexibility index (Phi) is 11.2. The third-order valence-electron chi connectivity index (χ3n) is 12.9. The number of H-pyrrole nitrogens is 4. The molecule has 0 aliphatic carbocycles. The van der Waals surface area contributed by atoms with Crippen LogP contribution in [0.1, 0.15) is 25.7 Å². The van der Waals surface area contributed by atoms with E-state index in [0.717, 1.165) is 164 Å². The number of benzene rings is 6. The Morgan fingerprint density at radius 2 is 0.797 bits per heavy atom. The highest BCUT2D eigenvalue weighted by Crippen LogP contribution is 2.44. The van der Waals surface area contributed by atoms with Gasteiger partial charge in [0, 0.05) is 125 Å². The summed E-state index contributed by atoms with van der Waals surface area (Å²) in [7, 11) is 0. The zero-order valence-corrected chi connectivity index (χ0v) is 37.9. The van der Waals surface area contributed by atoms with Crippen LogP contribution in [0.4, 0.5) is 0 Å². The van der Waals surface area contributed by atoms with Gasteiger partial charge in [-0.3, -0.25) is 4.90 Å². The first kappa shape index (κ1) is 41.8. The molecule has 2 aliphatic heterocycles. The lowest BCUT2D eigenvalue weighted by molar-refractivity contribution is 0.0000904. The number of ether oxygens (including phenoxy) is 2. The Labute approximate surface area is 387 Å². The highest BCUT2D eigenvalue weighted by molar-refractivity contribution is 6.34. The number of β-amino-alcohol motifs (C(OH)–C–C–N with tert-alkyl or cyclic N) is 1. The number of rotatable bonds is 10. The van der Waals surface area contributed by atoms with E-state index in [2.05, 4.69) is 41.9 Å². The van der Waals surface area contributed by atoms with Crippen molar-refractivity contribution in [3.05, 3.63) is 105 Å². The molecule has 14 heteroatoms. The normalized spacial score (nSPS) is 15.7. The van der Waals surface area contributed by atoms with Gasteiger partial charge in [0.05, 0.1) is 47.5 Å². The zero-order valence-electron chi connectivity index (χ0n) is 34.8. The summed E-state index contributed by atoms with van der Waals surface area (Å²) >= 11 is 25.2. The Hall–Kier alpha value is -4.88. The molecule has 2 saturated heterocycles. The van der Waals surface area contributed by atoms with Crippen molar-refractivity contribution in [3.63, 3.8) is 0 Å². The van der Waals surface area contributed by atoms with E-state index >= 15 is 0 Å². The maximum atomic E-state index is 9.73. The molecule has 6 N–H and O–H groups in total. The smallest absolute Gasteiger partial charge is 0.167 e. The van der Waals surface area contributed by atoms with Gasteiger partial charge in [-0.2, -0.15) is 0 Å². The van der Waals surface area contributed by atoms with Crippen molar-refractivity contribution >= 4 is 134 Å². The van der Waals surface area contributed by atoms with Crippen molar-refractivity contribution in [3.8, 4) is 11.5 Å². The lowest BCUT2D eigenvalue weighted by Crippen LogP contribution is -2.50. The zero-order chi connectivity index (χ0) is 43.6. The molecule has 0 saturated carbocycles. The number of likely N-dealkylation sites (tertiary alicyclic amines) is 2. The largest absolute Gasteiger partial charge is 0.489 e. The van der Waals surface area contributed by atoms with E-state index in [-0.39, 0.29) is 12.2 Å². The first-order valence-electron chi connectivity index (χ1n) is 21.9. The van der Waals surface area contributed by atoms with Crippen LogP contribution in [0, 0.1) is 0 Å². The molecule has 10 nitrogen and oxygen atoms in total. The van der Waals surface area contributed by atoms with Crippen molar-refractivity contribution in [2.75, 3.05) is 52.5 Å². The molecule has 6 aromatic carbocycles. The molecule has 0 bridgehead atoms. The molecule has 12 rings (SSSR count). The molecule has 328 valence electrons. The van der Waals surface area contributed by atoms with Crippen LogP contribution in [-0.4, -0.2) is 105 Å². The van der Waals surface area contributed by atoms with Gasteiger partial charge in [-0.05, 0) is 111 Å². The van der Waals surface area contributed by atoms with Crippen LogP contribution in [0.3, 0.4) is 0 Å². The minimum atomic E-state index is -0.175. The van der Waals surface area contributed by atoms with Crippen LogP contribution in [0.25, 0.3) is 87.2 Å². The molecule has 0 radical (unpaired) electrons. The number of halogens is 4. The van der Waals surface area contributed by atoms with E-state index in [1.807, 2.05) is 72.8 Å². The predicted molar refractivity (Wildman–Crippen MR) is 265 cm³/mol. The Morgan fingerprint density at radius 3 is 1.14 bits per heavy atom. The molecule has 6 heterocycles. The molecule has 0 spiro atoms. The standard InChI is InChI=1S/C26H25Cl2N3O2.C24H21Cl2N3O2/c27-15-2-4-22-18(12-15)20-14-21-19-13-16(28)3-5-23(19)30-25(21)26(24(20)29-22)33-11-1-8-31-9-6-17(32)7-10-31;25-13-2-4-20-16(8-13)18-10-19-17-9-14(26)3-5-21(17)28-23(19)24(22(18)27-20)31-7-1-6-29-11-15(30)12-29/h2-5,12-14,17,29-30,32H,1,6-11H2;2-5,8-10,15,27-28,30H,1,6-7,11-12H2. The third-order valence-corrected chi connectivity index (χ3v) is 13.9. The maximum Gasteiger partial charge on any atom is 0.167 e. The van der Waals surface area contributed by atoms with Crippen LogP contribution in [0.2, 0.25) is 20.1 Å². The van der Waals surface area contributed by atoms with Crippen molar-refractivity contribution in [2.24, 2.45) is 0 Å². The van der Waals surface area contributed by atoms with Crippen LogP contribution < -0.4 is 9.47 Å². The number of piperidine rings is 1. The average Bonchev–Trinajstić information content (AvgIpc) is 4.03. The summed E-state index contributed by atoms with van der Waals surface area (Å²) < 4.78 is 12.8. The average molecular weight is 937 g/mol. The van der Waals surface area contributed by atoms with Crippen LogP contribution in [0.15, 0.2) is 84.9 Å². The summed E-state index contributed by atoms with van der Waals surface area (Å²) in [6, 6.07) is 28.0. The summed E-state index contributed by atoms with van der Waals surface area (Å²) in [6.07, 6.45) is 3.21. The van der Waals surface area contributed by atoms with E-state index in [1.54, 1.807) is 0 Å². The van der Waals surface area contributed by atoms with Gasteiger partial charge in [-0.15, -0.1) is 0 Å². The first-order chi connectivity index (χ1) is 31.1. The van der Waals surface area contributed by atoms with Gasteiger partial charge in [0.1, 0.15) is 0 Å². The predicted octanol–water partition coefficient (Wildman–Crippen LogP) is 12.2. The minimum Gasteiger partial charge on any atom is -0.489 e. The van der Waals surface area contributed by atoms with E-state index in [1.165, 1.54) is 0 Å². The molecule has 10 aromatic rings. The SMILES string of the molecule is OC1CCN(CCCOc2c3[nH]c4ccc(Cl)cc4c3cc3c2[nH]c2ccc(Cl)cc23)CC1.OC1CN(CCCOc2c3[nH]c4ccc(Cl)cc4c3cc3c2[nH]c2ccc(Cl)cc23)C1. The summed E-state index contributed by atoms with van der Waals surface area (Å²) in [6.45, 7) is 6.50. The van der Waals surface area contributed by atoms with Gasteiger partial charge < -0.3 is 44.5 Å². The second-order valence-electron chi connectivity index (χ2n) is 17.3. The fraction of sp³-hybridized carbons (Fsp3) is 0.280. The number of aromatic nitrogens is 4. The second-order valence-corrected chi connectivity index (χ2v) is 19.0. The lowest BCUT2D eigenvalue weighted by atomic mass is 10.1. The molecule has 0 atom stereocenters. The molecule has 64 heavy (non-hydrogen) atoms. The Balaban J connectivity index is 0.000000143. The van der Waals surface area contributed by atoms with E-state index in [9.17, 15) is 10.2 Å². The third kappa shape index (κ3) is 7.88. The number of aliphatic hydroxyl groups excluding tert-OH is 2. The van der Waals surface area contributed by atoms with Gasteiger partial charge in [-0.1, -0.05) is 46.4 Å². The Morgan fingerprint density at radius 1 is 0.453 bits per heavy atom. The van der Waals surface area contributed by atoms with Crippen LogP contribution in [0.5, 0.6) is 11.5 Å². The highest BCUT2D eigenvalue weighted by Gasteiger charge is 2.24. The molecule has 0 unspecified atom stereocenters. The molecule has 4 aromatic heterocycles. The molecular weight excluding hydrogens is 890 g/mol. The van der Waals surface area contributed by atoms with Gasteiger partial charge in [0.15, 0.2) is 11.5 Å². The fourth-order valence-electron chi connectivity index (χ4n) is 9.68. The minimum absolute atomic E-state index is 0.144. The van der Waals surface area contributed by atoms with Crippen molar-refractivity contribution in [1.29, 1.82) is 0 Å². The summed E-state index contributed by atoms with van der Waals surface area (Å²) in [5.74, 6) is 1.65. The van der Waals surface area contributed by atoms with Crippen molar-refractivity contribution < 1.29 is 19.7 Å². The fourth-order valence-corrected chi connectivity index (χ4v) is 10.4. The number of aromatic amines is 4. The maximum absolute atomic E-state index is 9.73. The molecule has 0 amide bonds. The number of nitrogens with zero attached hydrogens (tertiary/aromatic N) is 2. The van der Waals surface area contributed by atoms with E-state index in [4.69, 9.17) is 55.9 Å². The lowest BCUT2D eigenvalue weighted by Gasteiger charge is -2.35. The number of hydrogen-bond acceptors (Lipinski definition) is 6. The topological polar surface area (TPSA) is 129 Å². The second kappa shape index (κ2) is 17.2. The van der Waals surface area contributed by atoms with Gasteiger partial charge in [0.2, 0.25) is 0 Å². The number of nitrogens with one attached hydrogen (secondary N) is 4. The van der Waals surface area contributed by atoms with E-state index < -0.39 is 0 Å². The van der Waals surface area contributed by atoms with Crippen molar-refractivity contribution in [1.82, 2.24) is 29.7 Å². The van der Waals surface area contributed by atoms with Gasteiger partial charge in [0.25, 0.3) is 0 Å².